The van der Waals surface area contributed by atoms with Gasteiger partial charge in [0.05, 0.1) is 5.41 Å². The fourth-order valence-corrected chi connectivity index (χ4v) is 2.54. The molecule has 1 saturated carbocycles. The van der Waals surface area contributed by atoms with Crippen molar-refractivity contribution in [2.24, 2.45) is 5.41 Å². The topological polar surface area (TPSA) is 75.1 Å². The van der Waals surface area contributed by atoms with Gasteiger partial charge < -0.3 is 10.4 Å². The molecule has 1 fully saturated rings. The van der Waals surface area contributed by atoms with E-state index in [4.69, 9.17) is 0 Å². The third kappa shape index (κ3) is 2.44. The average molecular weight is 249 g/mol. The second-order valence-corrected chi connectivity index (χ2v) is 5.15. The maximum absolute atomic E-state index is 11.5. The molecule has 0 bridgehead atoms. The lowest BCUT2D eigenvalue weighted by Crippen LogP contribution is -2.46. The van der Waals surface area contributed by atoms with Crippen molar-refractivity contribution < 1.29 is 9.90 Å². The van der Waals surface area contributed by atoms with Crippen molar-refractivity contribution in [1.82, 2.24) is 9.97 Å². The monoisotopic (exact) mass is 249 g/mol. The summed E-state index contributed by atoms with van der Waals surface area (Å²) in [6.45, 7) is 3.64. The van der Waals surface area contributed by atoms with Crippen LogP contribution in [0.3, 0.4) is 0 Å². The summed E-state index contributed by atoms with van der Waals surface area (Å²) >= 11 is 0. The third-order valence-electron chi connectivity index (χ3n) is 3.79. The van der Waals surface area contributed by atoms with Crippen LogP contribution < -0.4 is 5.32 Å². The molecule has 0 saturated heterocycles. The molecule has 0 aliphatic heterocycles. The number of aryl methyl sites for hydroxylation is 1. The van der Waals surface area contributed by atoms with Crippen LogP contribution in [0.15, 0.2) is 12.3 Å². The van der Waals surface area contributed by atoms with Crippen molar-refractivity contribution in [3.05, 3.63) is 18.1 Å². The van der Waals surface area contributed by atoms with Gasteiger partial charge in [-0.2, -0.15) is 0 Å². The highest BCUT2D eigenvalue weighted by Gasteiger charge is 2.43. The molecule has 18 heavy (non-hydrogen) atoms. The van der Waals surface area contributed by atoms with Crippen LogP contribution in [-0.4, -0.2) is 27.1 Å². The number of hydrogen-bond acceptors (Lipinski definition) is 4. The molecule has 1 aromatic rings. The smallest absolute Gasteiger partial charge is 0.311 e. The number of rotatable bonds is 3. The molecule has 2 atom stereocenters. The second-order valence-electron chi connectivity index (χ2n) is 5.15. The van der Waals surface area contributed by atoms with Gasteiger partial charge in [0.2, 0.25) is 0 Å². The maximum Gasteiger partial charge on any atom is 0.311 e. The van der Waals surface area contributed by atoms with Crippen LogP contribution in [0.25, 0.3) is 0 Å². The van der Waals surface area contributed by atoms with Gasteiger partial charge in [-0.05, 0) is 32.8 Å². The second kappa shape index (κ2) is 4.92. The van der Waals surface area contributed by atoms with E-state index in [9.17, 15) is 9.90 Å². The summed E-state index contributed by atoms with van der Waals surface area (Å²) in [7, 11) is 0. The Morgan fingerprint density at radius 3 is 3.00 bits per heavy atom. The van der Waals surface area contributed by atoms with Gasteiger partial charge in [-0.1, -0.05) is 12.8 Å². The number of aromatic nitrogens is 2. The zero-order valence-electron chi connectivity index (χ0n) is 10.8. The van der Waals surface area contributed by atoms with Crippen molar-refractivity contribution in [2.75, 3.05) is 5.32 Å². The van der Waals surface area contributed by atoms with Crippen molar-refractivity contribution in [3.63, 3.8) is 0 Å². The molecule has 0 radical (unpaired) electrons. The van der Waals surface area contributed by atoms with E-state index >= 15 is 0 Å². The first-order valence-electron chi connectivity index (χ1n) is 6.32. The Hall–Kier alpha value is -1.65. The van der Waals surface area contributed by atoms with Crippen molar-refractivity contribution in [1.29, 1.82) is 0 Å². The number of carboxylic acids is 1. The van der Waals surface area contributed by atoms with E-state index in [1.165, 1.54) is 0 Å². The minimum atomic E-state index is -0.731. The Morgan fingerprint density at radius 2 is 2.33 bits per heavy atom. The molecule has 2 unspecified atom stereocenters. The van der Waals surface area contributed by atoms with Crippen LogP contribution in [0.4, 0.5) is 5.82 Å². The highest BCUT2D eigenvalue weighted by molar-refractivity contribution is 5.76. The number of aliphatic carboxylic acids is 1. The number of nitrogens with one attached hydrogen (secondary N) is 1. The summed E-state index contributed by atoms with van der Waals surface area (Å²) in [6.07, 6.45) is 5.30. The molecule has 0 aromatic carbocycles. The Labute approximate surface area is 107 Å². The van der Waals surface area contributed by atoms with E-state index in [1.807, 2.05) is 13.8 Å². The van der Waals surface area contributed by atoms with Gasteiger partial charge in [-0.3, -0.25) is 4.79 Å². The zero-order valence-corrected chi connectivity index (χ0v) is 10.8. The predicted molar refractivity (Wildman–Crippen MR) is 68.4 cm³/mol. The zero-order chi connectivity index (χ0) is 13.2. The van der Waals surface area contributed by atoms with Gasteiger partial charge >= 0.3 is 5.97 Å². The Balaban J connectivity index is 2.18. The lowest BCUT2D eigenvalue weighted by Gasteiger charge is -2.38. The van der Waals surface area contributed by atoms with Crippen molar-refractivity contribution in [2.45, 2.75) is 45.6 Å². The molecule has 2 rings (SSSR count). The molecule has 5 nitrogen and oxygen atoms in total. The largest absolute Gasteiger partial charge is 0.481 e. The highest BCUT2D eigenvalue weighted by Crippen LogP contribution is 2.37. The number of carboxylic acid groups (broad SMARTS) is 1. The van der Waals surface area contributed by atoms with Crippen LogP contribution in [0.5, 0.6) is 0 Å². The molecule has 0 spiro atoms. The number of carbonyl (C=O) groups is 1. The lowest BCUT2D eigenvalue weighted by atomic mass is 9.71. The molecular weight excluding hydrogens is 230 g/mol. The molecule has 1 heterocycles. The molecular formula is C13H19N3O2. The normalized spacial score (nSPS) is 27.8. The Morgan fingerprint density at radius 1 is 1.56 bits per heavy atom. The first-order chi connectivity index (χ1) is 8.52. The summed E-state index contributed by atoms with van der Waals surface area (Å²) in [5, 5.41) is 12.7. The quantitative estimate of drug-likeness (QED) is 0.859. The van der Waals surface area contributed by atoms with Crippen LogP contribution >= 0.6 is 0 Å². The van der Waals surface area contributed by atoms with Crippen LogP contribution in [-0.2, 0) is 4.79 Å². The van der Waals surface area contributed by atoms with E-state index in [0.717, 1.165) is 19.3 Å². The Kier molecular flexibility index (Phi) is 3.50. The number of hydrogen-bond donors (Lipinski definition) is 2. The van der Waals surface area contributed by atoms with E-state index in [0.29, 0.717) is 18.1 Å². The first kappa shape index (κ1) is 12.8. The number of anilines is 1. The fourth-order valence-electron chi connectivity index (χ4n) is 2.54. The van der Waals surface area contributed by atoms with E-state index in [1.54, 1.807) is 12.3 Å². The summed E-state index contributed by atoms with van der Waals surface area (Å²) in [5.74, 6) is 0.667. The predicted octanol–water partition coefficient (Wildman–Crippen LogP) is 2.23. The van der Waals surface area contributed by atoms with Crippen LogP contribution in [0, 0.1) is 12.3 Å². The summed E-state index contributed by atoms with van der Waals surface area (Å²) in [4.78, 5) is 19.8. The van der Waals surface area contributed by atoms with Gasteiger partial charge in [0.1, 0.15) is 11.6 Å². The van der Waals surface area contributed by atoms with Gasteiger partial charge in [0.15, 0.2) is 0 Å². The van der Waals surface area contributed by atoms with Crippen LogP contribution in [0.2, 0.25) is 0 Å². The first-order valence-corrected chi connectivity index (χ1v) is 6.32. The number of nitrogens with zero attached hydrogens (tertiary/aromatic N) is 2. The highest BCUT2D eigenvalue weighted by atomic mass is 16.4. The van der Waals surface area contributed by atoms with Crippen molar-refractivity contribution in [3.8, 4) is 0 Å². The van der Waals surface area contributed by atoms with E-state index < -0.39 is 11.4 Å². The van der Waals surface area contributed by atoms with Gasteiger partial charge in [0, 0.05) is 12.2 Å². The molecule has 0 amide bonds. The van der Waals surface area contributed by atoms with Gasteiger partial charge in [-0.15, -0.1) is 0 Å². The van der Waals surface area contributed by atoms with Crippen molar-refractivity contribution >= 4 is 11.8 Å². The van der Waals surface area contributed by atoms with Gasteiger partial charge in [0.25, 0.3) is 0 Å². The molecule has 98 valence electrons. The lowest BCUT2D eigenvalue weighted by molar-refractivity contribution is -0.150. The summed E-state index contributed by atoms with van der Waals surface area (Å²) < 4.78 is 0. The minimum Gasteiger partial charge on any atom is -0.481 e. The van der Waals surface area contributed by atoms with E-state index in [2.05, 4.69) is 15.3 Å². The summed E-state index contributed by atoms with van der Waals surface area (Å²) in [5.41, 5.74) is -0.711. The molecule has 5 heteroatoms. The molecule has 1 aliphatic carbocycles. The van der Waals surface area contributed by atoms with E-state index in [-0.39, 0.29) is 6.04 Å². The minimum absolute atomic E-state index is 0.0713. The standard InChI is InChI=1S/C13H19N3O2/c1-9-14-8-6-11(15-9)16-10-5-3-4-7-13(10,2)12(17)18/h6,8,10H,3-5,7H2,1-2H3,(H,17,18)(H,14,15,16). The SMILES string of the molecule is Cc1nccc(NC2CCCCC2(C)C(=O)O)n1. The molecule has 1 aliphatic rings. The van der Waals surface area contributed by atoms with Gasteiger partial charge in [-0.25, -0.2) is 9.97 Å². The maximum atomic E-state index is 11.5. The third-order valence-corrected chi connectivity index (χ3v) is 3.79. The van der Waals surface area contributed by atoms with Crippen LogP contribution in [0.1, 0.15) is 38.4 Å². The molecule has 2 N–H and O–H groups in total. The Bertz CT molecular complexity index is 450. The summed E-state index contributed by atoms with van der Waals surface area (Å²) in [6, 6.07) is 1.71. The molecule has 1 aromatic heterocycles. The fraction of sp³-hybridized carbons (Fsp3) is 0.615. The average Bonchev–Trinajstić information content (AvgIpc) is 2.32.